The fourth-order valence-electron chi connectivity index (χ4n) is 1.89. The second kappa shape index (κ2) is 5.25. The third-order valence-corrected chi connectivity index (χ3v) is 4.06. The molecule has 3 nitrogen and oxygen atoms in total. The fraction of sp³-hybridized carbons (Fsp3) is 0.0714. The van der Waals surface area contributed by atoms with Crippen LogP contribution in [0.15, 0.2) is 52.5 Å². The largest absolute Gasteiger partial charge is 0.333 e. The molecule has 3 aromatic rings. The maximum Gasteiger partial charge on any atom is 0.171 e. The molecule has 0 saturated carbocycles. The minimum absolute atomic E-state index is 0.461. The first-order valence-corrected chi connectivity index (χ1v) is 7.07. The molecule has 5 heteroatoms. The topological polar surface area (TPSA) is 54.7 Å². The summed E-state index contributed by atoms with van der Waals surface area (Å²) in [4.78, 5) is 8.90. The van der Waals surface area contributed by atoms with Crippen LogP contribution in [-0.2, 0) is 6.54 Å². The van der Waals surface area contributed by atoms with Gasteiger partial charge in [0, 0.05) is 16.5 Å². The monoisotopic (exact) mass is 289 g/mol. The lowest BCUT2D eigenvalue weighted by Crippen LogP contribution is -1.98. The molecule has 0 radical (unpaired) electrons. The molecule has 0 aliphatic rings. The Labute approximate surface area is 120 Å². The summed E-state index contributed by atoms with van der Waals surface area (Å²) in [5, 5.41) is 1.56. The predicted molar refractivity (Wildman–Crippen MR) is 79.6 cm³/mol. The second-order valence-electron chi connectivity index (χ2n) is 4.12. The number of halogens is 1. The van der Waals surface area contributed by atoms with E-state index in [1.165, 1.54) is 0 Å². The van der Waals surface area contributed by atoms with Gasteiger partial charge >= 0.3 is 0 Å². The zero-order chi connectivity index (χ0) is 13.2. The van der Waals surface area contributed by atoms with Crippen LogP contribution in [0.3, 0.4) is 0 Å². The van der Waals surface area contributed by atoms with Gasteiger partial charge in [-0.1, -0.05) is 35.5 Å². The summed E-state index contributed by atoms with van der Waals surface area (Å²) in [6.07, 6.45) is 0. The molecule has 3 N–H and O–H groups in total. The van der Waals surface area contributed by atoms with E-state index in [-0.39, 0.29) is 0 Å². The van der Waals surface area contributed by atoms with Crippen molar-refractivity contribution in [2.24, 2.45) is 5.73 Å². The summed E-state index contributed by atoms with van der Waals surface area (Å²) in [7, 11) is 0. The number of nitrogens with one attached hydrogen (secondary N) is 1. The predicted octanol–water partition coefficient (Wildman–Crippen LogP) is 3.83. The van der Waals surface area contributed by atoms with Crippen molar-refractivity contribution in [3.63, 3.8) is 0 Å². The Hall–Kier alpha value is -1.49. The first kappa shape index (κ1) is 12.5. The molecule has 96 valence electrons. The lowest BCUT2D eigenvalue weighted by atomic mass is 10.2. The Morgan fingerprint density at radius 2 is 2.05 bits per heavy atom. The van der Waals surface area contributed by atoms with Crippen LogP contribution in [0.1, 0.15) is 5.56 Å². The SMILES string of the molecule is NCc1cc(Cl)ccc1Sc1nc2ccccc2[nH]1. The molecule has 0 saturated heterocycles. The van der Waals surface area contributed by atoms with Crippen LogP contribution in [0.4, 0.5) is 0 Å². The van der Waals surface area contributed by atoms with Gasteiger partial charge in [0.1, 0.15) is 0 Å². The zero-order valence-electron chi connectivity index (χ0n) is 10.1. The van der Waals surface area contributed by atoms with E-state index in [0.717, 1.165) is 26.6 Å². The number of nitrogens with two attached hydrogens (primary N) is 1. The van der Waals surface area contributed by atoms with Crippen LogP contribution >= 0.6 is 23.4 Å². The first-order chi connectivity index (χ1) is 9.26. The quantitative estimate of drug-likeness (QED) is 0.770. The Balaban J connectivity index is 1.96. The van der Waals surface area contributed by atoms with Crippen molar-refractivity contribution in [2.75, 3.05) is 0 Å². The molecule has 3 rings (SSSR count). The smallest absolute Gasteiger partial charge is 0.171 e. The second-order valence-corrected chi connectivity index (χ2v) is 5.58. The fourth-order valence-corrected chi connectivity index (χ4v) is 3.01. The number of hydrogen-bond acceptors (Lipinski definition) is 3. The number of para-hydroxylation sites is 2. The summed E-state index contributed by atoms with van der Waals surface area (Å²) in [6.45, 7) is 0.461. The van der Waals surface area contributed by atoms with Gasteiger partial charge in [0.15, 0.2) is 5.16 Å². The van der Waals surface area contributed by atoms with E-state index in [1.807, 2.05) is 42.5 Å². The molecule has 0 aliphatic carbocycles. The molecule has 0 fully saturated rings. The molecule has 1 heterocycles. The molecule has 0 spiro atoms. The van der Waals surface area contributed by atoms with Gasteiger partial charge in [0.05, 0.1) is 11.0 Å². The van der Waals surface area contributed by atoms with E-state index in [2.05, 4.69) is 9.97 Å². The normalized spacial score (nSPS) is 11.1. The number of nitrogens with zero attached hydrogens (tertiary/aromatic N) is 1. The number of aromatic amines is 1. The van der Waals surface area contributed by atoms with Gasteiger partial charge in [-0.2, -0.15) is 0 Å². The zero-order valence-corrected chi connectivity index (χ0v) is 11.6. The summed E-state index contributed by atoms with van der Waals surface area (Å²) >= 11 is 7.54. The molecule has 0 unspecified atom stereocenters. The first-order valence-electron chi connectivity index (χ1n) is 5.87. The van der Waals surface area contributed by atoms with E-state index in [1.54, 1.807) is 11.8 Å². The van der Waals surface area contributed by atoms with Crippen molar-refractivity contribution in [3.05, 3.63) is 53.1 Å². The number of benzene rings is 2. The molecule has 19 heavy (non-hydrogen) atoms. The number of imidazole rings is 1. The van der Waals surface area contributed by atoms with Crippen LogP contribution in [0.25, 0.3) is 11.0 Å². The van der Waals surface area contributed by atoms with Gasteiger partial charge in [0.2, 0.25) is 0 Å². The standard InChI is InChI=1S/C14H12ClN3S/c15-10-5-6-13(9(7-10)8-16)19-14-17-11-3-1-2-4-12(11)18-14/h1-7H,8,16H2,(H,17,18). The third-order valence-electron chi connectivity index (χ3n) is 2.82. The number of rotatable bonds is 3. The van der Waals surface area contributed by atoms with E-state index in [4.69, 9.17) is 17.3 Å². The molecule has 1 aromatic heterocycles. The summed E-state index contributed by atoms with van der Waals surface area (Å²) in [5.41, 5.74) is 8.77. The molecular weight excluding hydrogens is 278 g/mol. The molecule has 0 aliphatic heterocycles. The van der Waals surface area contributed by atoms with Crippen molar-refractivity contribution in [2.45, 2.75) is 16.6 Å². The van der Waals surface area contributed by atoms with Gasteiger partial charge < -0.3 is 10.7 Å². The van der Waals surface area contributed by atoms with E-state index >= 15 is 0 Å². The van der Waals surface area contributed by atoms with Crippen LogP contribution in [0.5, 0.6) is 0 Å². The van der Waals surface area contributed by atoms with E-state index in [9.17, 15) is 0 Å². The lowest BCUT2D eigenvalue weighted by Gasteiger charge is -2.05. The summed E-state index contributed by atoms with van der Waals surface area (Å²) in [5.74, 6) is 0. The molecular formula is C14H12ClN3S. The maximum atomic E-state index is 5.97. The van der Waals surface area contributed by atoms with Crippen LogP contribution in [-0.4, -0.2) is 9.97 Å². The Bertz CT molecular complexity index is 691. The molecule has 0 atom stereocenters. The Kier molecular flexibility index (Phi) is 3.46. The summed E-state index contributed by atoms with van der Waals surface area (Å²) in [6, 6.07) is 13.7. The highest BCUT2D eigenvalue weighted by Gasteiger charge is 2.08. The third kappa shape index (κ3) is 2.61. The van der Waals surface area contributed by atoms with Crippen molar-refractivity contribution >= 4 is 34.4 Å². The van der Waals surface area contributed by atoms with Crippen molar-refractivity contribution < 1.29 is 0 Å². The minimum Gasteiger partial charge on any atom is -0.333 e. The lowest BCUT2D eigenvalue weighted by molar-refractivity contribution is 1.02. The van der Waals surface area contributed by atoms with Gasteiger partial charge in [-0.3, -0.25) is 0 Å². The maximum absolute atomic E-state index is 5.97. The number of fused-ring (bicyclic) bond motifs is 1. The molecule has 0 bridgehead atoms. The highest BCUT2D eigenvalue weighted by Crippen LogP contribution is 2.31. The number of hydrogen-bond donors (Lipinski definition) is 2. The van der Waals surface area contributed by atoms with Crippen LogP contribution in [0, 0.1) is 0 Å². The average Bonchev–Trinajstić information content (AvgIpc) is 2.83. The highest BCUT2D eigenvalue weighted by atomic mass is 35.5. The molecule has 2 aromatic carbocycles. The van der Waals surface area contributed by atoms with E-state index in [0.29, 0.717) is 11.6 Å². The van der Waals surface area contributed by atoms with Crippen LogP contribution < -0.4 is 5.73 Å². The highest BCUT2D eigenvalue weighted by molar-refractivity contribution is 7.99. The van der Waals surface area contributed by atoms with Gasteiger partial charge in [-0.25, -0.2) is 4.98 Å². The number of H-pyrrole nitrogens is 1. The Morgan fingerprint density at radius 3 is 2.84 bits per heavy atom. The average molecular weight is 290 g/mol. The van der Waals surface area contributed by atoms with Crippen molar-refractivity contribution in [1.82, 2.24) is 9.97 Å². The van der Waals surface area contributed by atoms with Gasteiger partial charge in [-0.05, 0) is 35.9 Å². The van der Waals surface area contributed by atoms with Gasteiger partial charge in [-0.15, -0.1) is 0 Å². The van der Waals surface area contributed by atoms with E-state index < -0.39 is 0 Å². The minimum atomic E-state index is 0.461. The number of aromatic nitrogens is 2. The van der Waals surface area contributed by atoms with Crippen molar-refractivity contribution in [1.29, 1.82) is 0 Å². The van der Waals surface area contributed by atoms with Crippen molar-refractivity contribution in [3.8, 4) is 0 Å². The summed E-state index contributed by atoms with van der Waals surface area (Å²) < 4.78 is 0. The van der Waals surface area contributed by atoms with Gasteiger partial charge in [0.25, 0.3) is 0 Å². The molecule has 0 amide bonds. The van der Waals surface area contributed by atoms with Crippen LogP contribution in [0.2, 0.25) is 5.02 Å². The Morgan fingerprint density at radius 1 is 1.21 bits per heavy atom.